The van der Waals surface area contributed by atoms with E-state index in [1.807, 2.05) is 29.2 Å². The van der Waals surface area contributed by atoms with Crippen LogP contribution in [0, 0.1) is 5.92 Å². The summed E-state index contributed by atoms with van der Waals surface area (Å²) in [7, 11) is 0. The Hall–Kier alpha value is -1.57. The molecule has 1 unspecified atom stereocenters. The Morgan fingerprint density at radius 2 is 1.75 bits per heavy atom. The van der Waals surface area contributed by atoms with Crippen molar-refractivity contribution in [2.45, 2.75) is 25.1 Å². The number of piperidine rings is 1. The summed E-state index contributed by atoms with van der Waals surface area (Å²) in [5.41, 5.74) is 0.417. The molecule has 1 aliphatic heterocycles. The minimum atomic E-state index is -4.47. The molecule has 2 aromatic carbocycles. The Kier molecular flexibility index (Phi) is 6.37. The van der Waals surface area contributed by atoms with Crippen molar-refractivity contribution < 1.29 is 23.1 Å². The van der Waals surface area contributed by atoms with E-state index in [1.165, 1.54) is 6.07 Å². The van der Waals surface area contributed by atoms with Gasteiger partial charge in [0.2, 0.25) is 0 Å². The number of alkyl halides is 3. The highest BCUT2D eigenvalue weighted by atomic mass is 79.9. The zero-order valence-electron chi connectivity index (χ0n) is 14.7. The van der Waals surface area contributed by atoms with E-state index >= 15 is 0 Å². The van der Waals surface area contributed by atoms with Gasteiger partial charge >= 0.3 is 12.1 Å². The second-order valence-corrected chi connectivity index (χ2v) is 8.16. The van der Waals surface area contributed by atoms with Crippen LogP contribution in [-0.2, 0) is 11.0 Å². The lowest BCUT2D eigenvalue weighted by Crippen LogP contribution is -2.39. The van der Waals surface area contributed by atoms with E-state index in [0.717, 1.165) is 22.2 Å². The second kappa shape index (κ2) is 8.43. The van der Waals surface area contributed by atoms with Crippen LogP contribution in [-0.4, -0.2) is 29.1 Å². The van der Waals surface area contributed by atoms with Gasteiger partial charge in [0.05, 0.1) is 17.5 Å². The van der Waals surface area contributed by atoms with Gasteiger partial charge in [-0.2, -0.15) is 13.2 Å². The number of likely N-dealkylation sites (tertiary alicyclic amines) is 1. The highest BCUT2D eigenvalue weighted by Crippen LogP contribution is 2.39. The molecule has 1 aliphatic rings. The fourth-order valence-corrected chi connectivity index (χ4v) is 4.05. The van der Waals surface area contributed by atoms with Gasteiger partial charge < -0.3 is 5.11 Å². The minimum Gasteiger partial charge on any atom is -0.481 e. The normalized spacial score (nSPS) is 17.5. The number of benzene rings is 2. The highest BCUT2D eigenvalue weighted by Gasteiger charge is 2.35. The van der Waals surface area contributed by atoms with Crippen molar-refractivity contribution >= 4 is 33.5 Å². The number of nitrogens with zero attached hydrogens (tertiary/aromatic N) is 1. The molecule has 8 heteroatoms. The first kappa shape index (κ1) is 21.1. The molecule has 0 bridgehead atoms. The van der Waals surface area contributed by atoms with Gasteiger partial charge in [0.15, 0.2) is 0 Å². The number of hydrogen-bond acceptors (Lipinski definition) is 2. The molecule has 0 saturated carbocycles. The van der Waals surface area contributed by atoms with Crippen molar-refractivity contribution in [3.8, 4) is 0 Å². The smallest absolute Gasteiger partial charge is 0.416 e. The molecule has 150 valence electrons. The SMILES string of the molecule is O=C(O)C1CCN(C(c2ccc(Br)cc2)c2cc(C(F)(F)F)ccc2Cl)CC1. The first-order valence-electron chi connectivity index (χ1n) is 8.76. The van der Waals surface area contributed by atoms with Gasteiger partial charge in [-0.15, -0.1) is 0 Å². The summed E-state index contributed by atoms with van der Waals surface area (Å²) in [4.78, 5) is 13.3. The van der Waals surface area contributed by atoms with E-state index in [-0.39, 0.29) is 5.02 Å². The lowest BCUT2D eigenvalue weighted by Gasteiger charge is -2.37. The third-order valence-corrected chi connectivity index (χ3v) is 5.92. The Labute approximate surface area is 174 Å². The number of aliphatic carboxylic acids is 1. The van der Waals surface area contributed by atoms with E-state index in [2.05, 4.69) is 15.9 Å². The maximum absolute atomic E-state index is 13.3. The Balaban J connectivity index is 2.03. The molecular formula is C20H18BrClF3NO2. The monoisotopic (exact) mass is 475 g/mol. The predicted octanol–water partition coefficient (Wildman–Crippen LogP) is 6.01. The first-order valence-corrected chi connectivity index (χ1v) is 9.93. The predicted molar refractivity (Wildman–Crippen MR) is 104 cm³/mol. The second-order valence-electron chi connectivity index (χ2n) is 6.84. The molecule has 2 aromatic rings. The summed E-state index contributed by atoms with van der Waals surface area (Å²) in [6.07, 6.45) is -3.59. The zero-order valence-corrected chi connectivity index (χ0v) is 17.1. The summed E-state index contributed by atoms with van der Waals surface area (Å²) < 4.78 is 40.7. The highest BCUT2D eigenvalue weighted by molar-refractivity contribution is 9.10. The third kappa shape index (κ3) is 4.70. The molecule has 0 amide bonds. The summed E-state index contributed by atoms with van der Waals surface area (Å²) >= 11 is 9.69. The molecule has 1 N–H and O–H groups in total. The van der Waals surface area contributed by atoms with E-state index in [9.17, 15) is 23.1 Å². The number of halogens is 5. The van der Waals surface area contributed by atoms with Crippen molar-refractivity contribution in [1.82, 2.24) is 4.90 Å². The number of rotatable bonds is 4. The maximum Gasteiger partial charge on any atom is 0.416 e. The molecule has 0 radical (unpaired) electrons. The molecule has 3 rings (SSSR count). The molecule has 1 fully saturated rings. The summed E-state index contributed by atoms with van der Waals surface area (Å²) in [6.45, 7) is 0.925. The average Bonchev–Trinajstić information content (AvgIpc) is 2.64. The fraction of sp³-hybridized carbons (Fsp3) is 0.350. The van der Waals surface area contributed by atoms with Crippen molar-refractivity contribution in [3.63, 3.8) is 0 Å². The molecule has 0 aliphatic carbocycles. The zero-order chi connectivity index (χ0) is 20.5. The van der Waals surface area contributed by atoms with Crippen molar-refractivity contribution in [2.24, 2.45) is 5.92 Å². The van der Waals surface area contributed by atoms with Crippen LogP contribution in [0.15, 0.2) is 46.9 Å². The summed E-state index contributed by atoms with van der Waals surface area (Å²) in [6, 6.07) is 10.2. The quantitative estimate of drug-likeness (QED) is 0.588. The Morgan fingerprint density at radius 1 is 1.14 bits per heavy atom. The Morgan fingerprint density at radius 3 is 2.29 bits per heavy atom. The van der Waals surface area contributed by atoms with Crippen LogP contribution in [0.3, 0.4) is 0 Å². The minimum absolute atomic E-state index is 0.251. The van der Waals surface area contributed by atoms with E-state index in [1.54, 1.807) is 0 Å². The molecule has 1 heterocycles. The first-order chi connectivity index (χ1) is 13.2. The van der Waals surface area contributed by atoms with Gasteiger partial charge in [0.1, 0.15) is 0 Å². The largest absolute Gasteiger partial charge is 0.481 e. The van der Waals surface area contributed by atoms with Crippen LogP contribution >= 0.6 is 27.5 Å². The van der Waals surface area contributed by atoms with Gasteiger partial charge in [0, 0.05) is 9.50 Å². The lowest BCUT2D eigenvalue weighted by atomic mass is 9.90. The van der Waals surface area contributed by atoms with Crippen LogP contribution in [0.25, 0.3) is 0 Å². The van der Waals surface area contributed by atoms with Crippen LogP contribution in [0.5, 0.6) is 0 Å². The van der Waals surface area contributed by atoms with Crippen LogP contribution < -0.4 is 0 Å². The van der Waals surface area contributed by atoms with Crippen molar-refractivity contribution in [3.05, 3.63) is 68.7 Å². The van der Waals surface area contributed by atoms with Crippen LogP contribution in [0.2, 0.25) is 5.02 Å². The van der Waals surface area contributed by atoms with Crippen LogP contribution in [0.1, 0.15) is 35.6 Å². The van der Waals surface area contributed by atoms with E-state index < -0.39 is 29.7 Å². The van der Waals surface area contributed by atoms with Crippen LogP contribution in [0.4, 0.5) is 13.2 Å². The van der Waals surface area contributed by atoms with Gasteiger partial charge in [0.25, 0.3) is 0 Å². The molecule has 1 saturated heterocycles. The summed E-state index contributed by atoms with van der Waals surface area (Å²) in [5.74, 6) is -1.27. The topological polar surface area (TPSA) is 40.5 Å². The van der Waals surface area contributed by atoms with Crippen molar-refractivity contribution in [1.29, 1.82) is 0 Å². The molecule has 0 aromatic heterocycles. The van der Waals surface area contributed by atoms with E-state index in [4.69, 9.17) is 11.6 Å². The van der Waals surface area contributed by atoms with Gasteiger partial charge in [-0.05, 0) is 67.4 Å². The molecule has 3 nitrogen and oxygen atoms in total. The number of carboxylic acid groups (broad SMARTS) is 1. The lowest BCUT2D eigenvalue weighted by molar-refractivity contribution is -0.143. The molecule has 28 heavy (non-hydrogen) atoms. The number of carboxylic acids is 1. The van der Waals surface area contributed by atoms with Crippen molar-refractivity contribution in [2.75, 3.05) is 13.1 Å². The molecular weight excluding hydrogens is 459 g/mol. The molecule has 0 spiro atoms. The number of hydrogen-bond donors (Lipinski definition) is 1. The van der Waals surface area contributed by atoms with Gasteiger partial charge in [-0.3, -0.25) is 9.69 Å². The standard InChI is InChI=1S/C20H18BrClF3NO2/c21-15-4-1-12(2-5-15)18(26-9-7-13(8-10-26)19(27)28)16-11-14(20(23,24)25)3-6-17(16)22/h1-6,11,13,18H,7-10H2,(H,27,28). The number of carbonyl (C=O) groups is 1. The van der Waals surface area contributed by atoms with Gasteiger partial charge in [-0.1, -0.05) is 39.7 Å². The third-order valence-electron chi connectivity index (χ3n) is 5.05. The summed E-state index contributed by atoms with van der Waals surface area (Å²) in [5, 5.41) is 9.48. The van der Waals surface area contributed by atoms with Gasteiger partial charge in [-0.25, -0.2) is 0 Å². The van der Waals surface area contributed by atoms with E-state index in [0.29, 0.717) is 31.5 Å². The molecule has 1 atom stereocenters. The maximum atomic E-state index is 13.3. The fourth-order valence-electron chi connectivity index (χ4n) is 3.57. The Bertz CT molecular complexity index is 850. The average molecular weight is 477 g/mol.